The van der Waals surface area contributed by atoms with Crippen molar-refractivity contribution in [2.75, 3.05) is 37.7 Å². The molecule has 1 aliphatic rings. The maximum absolute atomic E-state index is 11.6. The molecule has 0 atom stereocenters. The fourth-order valence-corrected chi connectivity index (χ4v) is 2.49. The lowest BCUT2D eigenvalue weighted by Crippen LogP contribution is -2.43. The molecule has 1 aliphatic heterocycles. The maximum Gasteiger partial charge on any atom is 0.232 e. The number of thioether (sulfide) groups is 1. The molecule has 1 N–H and O–H groups in total. The second-order valence-electron chi connectivity index (χ2n) is 3.61. The molecule has 0 spiro atoms. The lowest BCUT2D eigenvalue weighted by molar-refractivity contribution is -0.127. The molecular weight excluding hydrogens is 196 g/mol. The van der Waals surface area contributed by atoms with E-state index in [4.69, 9.17) is 0 Å². The summed E-state index contributed by atoms with van der Waals surface area (Å²) >= 11 is 1.77. The molecule has 14 heavy (non-hydrogen) atoms. The van der Waals surface area contributed by atoms with Crippen molar-refractivity contribution in [3.63, 3.8) is 0 Å². The number of hydrogen-bond acceptors (Lipinski definition) is 3. The summed E-state index contributed by atoms with van der Waals surface area (Å²) in [5.41, 5.74) is 0. The molecule has 3 nitrogen and oxygen atoms in total. The van der Waals surface area contributed by atoms with Crippen molar-refractivity contribution >= 4 is 17.7 Å². The summed E-state index contributed by atoms with van der Waals surface area (Å²) in [5, 5.41) is 3.24. The van der Waals surface area contributed by atoms with Gasteiger partial charge in [0.25, 0.3) is 0 Å². The quantitative estimate of drug-likeness (QED) is 0.713. The Hall–Kier alpha value is -0.220. The molecule has 1 saturated heterocycles. The Labute approximate surface area is 90.6 Å². The van der Waals surface area contributed by atoms with Gasteiger partial charge in [-0.05, 0) is 38.6 Å². The van der Waals surface area contributed by atoms with Gasteiger partial charge in [-0.1, -0.05) is 0 Å². The molecule has 1 amide bonds. The zero-order valence-electron chi connectivity index (χ0n) is 9.08. The van der Waals surface area contributed by atoms with E-state index in [1.165, 1.54) is 0 Å². The van der Waals surface area contributed by atoms with Crippen LogP contribution in [0, 0.1) is 5.92 Å². The smallest absolute Gasteiger partial charge is 0.232 e. The van der Waals surface area contributed by atoms with Gasteiger partial charge in [-0.25, -0.2) is 0 Å². The van der Waals surface area contributed by atoms with Crippen LogP contribution in [0.1, 0.15) is 13.8 Å². The fourth-order valence-electron chi connectivity index (χ4n) is 1.45. The number of carbonyl (C=O) groups is 1. The molecule has 0 radical (unpaired) electrons. The summed E-state index contributed by atoms with van der Waals surface area (Å²) in [7, 11) is 0. The molecule has 0 aromatic heterocycles. The van der Waals surface area contributed by atoms with E-state index in [0.717, 1.165) is 37.8 Å². The fraction of sp³-hybridized carbons (Fsp3) is 0.900. The molecular formula is C10H20N2OS. The second kappa shape index (κ2) is 6.30. The zero-order chi connectivity index (χ0) is 10.4. The van der Waals surface area contributed by atoms with Crippen molar-refractivity contribution in [3.05, 3.63) is 0 Å². The van der Waals surface area contributed by atoms with Crippen molar-refractivity contribution in [2.24, 2.45) is 5.92 Å². The number of carbonyl (C=O) groups excluding carboxylic acids is 1. The molecule has 0 aromatic rings. The van der Waals surface area contributed by atoms with Gasteiger partial charge in [-0.2, -0.15) is 11.8 Å². The normalized spacial score (nSPS) is 16.4. The van der Waals surface area contributed by atoms with E-state index >= 15 is 0 Å². The van der Waals surface area contributed by atoms with Crippen molar-refractivity contribution in [3.8, 4) is 0 Å². The van der Waals surface area contributed by atoms with Gasteiger partial charge in [-0.3, -0.25) is 4.79 Å². The lowest BCUT2D eigenvalue weighted by atomic mass is 10.1. The van der Waals surface area contributed by atoms with E-state index in [0.29, 0.717) is 5.75 Å². The Bertz CT molecular complexity index is 179. The Morgan fingerprint density at radius 3 is 2.50 bits per heavy atom. The SMILES string of the molecule is CCN(CC)C(=O)CSCC1CNC1. The van der Waals surface area contributed by atoms with E-state index in [1.807, 2.05) is 18.7 Å². The molecule has 82 valence electrons. The number of nitrogens with zero attached hydrogens (tertiary/aromatic N) is 1. The topological polar surface area (TPSA) is 32.3 Å². The summed E-state index contributed by atoms with van der Waals surface area (Å²) < 4.78 is 0. The summed E-state index contributed by atoms with van der Waals surface area (Å²) in [6, 6.07) is 0. The van der Waals surface area contributed by atoms with Gasteiger partial charge in [0.05, 0.1) is 5.75 Å². The Morgan fingerprint density at radius 1 is 1.43 bits per heavy atom. The molecule has 0 aromatic carbocycles. The van der Waals surface area contributed by atoms with Crippen molar-refractivity contribution < 1.29 is 4.79 Å². The van der Waals surface area contributed by atoms with Crippen LogP contribution in [0.5, 0.6) is 0 Å². The highest BCUT2D eigenvalue weighted by molar-refractivity contribution is 7.99. The minimum absolute atomic E-state index is 0.285. The van der Waals surface area contributed by atoms with Crippen LogP contribution in [0.25, 0.3) is 0 Å². The first-order valence-electron chi connectivity index (χ1n) is 5.34. The molecule has 0 saturated carbocycles. The van der Waals surface area contributed by atoms with E-state index in [-0.39, 0.29) is 5.91 Å². The standard InChI is InChI=1S/C10H20N2OS/c1-3-12(4-2)10(13)8-14-7-9-5-11-6-9/h9,11H,3-8H2,1-2H3. The highest BCUT2D eigenvalue weighted by atomic mass is 32.2. The molecule has 4 heteroatoms. The van der Waals surface area contributed by atoms with E-state index in [2.05, 4.69) is 5.32 Å². The van der Waals surface area contributed by atoms with Crippen molar-refractivity contribution in [1.29, 1.82) is 0 Å². The van der Waals surface area contributed by atoms with Gasteiger partial charge in [0.2, 0.25) is 5.91 Å². The third kappa shape index (κ3) is 3.50. The first kappa shape index (κ1) is 11.9. The first-order valence-corrected chi connectivity index (χ1v) is 6.49. The van der Waals surface area contributed by atoms with Crippen LogP contribution in [0.4, 0.5) is 0 Å². The van der Waals surface area contributed by atoms with Crippen LogP contribution in [-0.4, -0.2) is 48.5 Å². The lowest BCUT2D eigenvalue weighted by Gasteiger charge is -2.26. The molecule has 0 unspecified atom stereocenters. The second-order valence-corrected chi connectivity index (χ2v) is 4.64. The third-order valence-corrected chi connectivity index (χ3v) is 3.72. The predicted octanol–water partition coefficient (Wildman–Crippen LogP) is 0.807. The number of rotatable bonds is 6. The van der Waals surface area contributed by atoms with Gasteiger partial charge >= 0.3 is 0 Å². The van der Waals surface area contributed by atoms with Crippen LogP contribution in [0.2, 0.25) is 0 Å². The van der Waals surface area contributed by atoms with Crippen LogP contribution in [0.15, 0.2) is 0 Å². The third-order valence-electron chi connectivity index (χ3n) is 2.56. The van der Waals surface area contributed by atoms with Gasteiger partial charge in [0.15, 0.2) is 0 Å². The van der Waals surface area contributed by atoms with Gasteiger partial charge < -0.3 is 10.2 Å². The van der Waals surface area contributed by atoms with E-state index in [9.17, 15) is 4.79 Å². The van der Waals surface area contributed by atoms with Crippen molar-refractivity contribution in [1.82, 2.24) is 10.2 Å². The Balaban J connectivity index is 2.06. The minimum Gasteiger partial charge on any atom is -0.343 e. The van der Waals surface area contributed by atoms with Crippen LogP contribution >= 0.6 is 11.8 Å². The monoisotopic (exact) mass is 216 g/mol. The van der Waals surface area contributed by atoms with Gasteiger partial charge in [0.1, 0.15) is 0 Å². The largest absolute Gasteiger partial charge is 0.343 e. The summed E-state index contributed by atoms with van der Waals surface area (Å²) in [5.74, 6) is 2.86. The zero-order valence-corrected chi connectivity index (χ0v) is 9.90. The van der Waals surface area contributed by atoms with Gasteiger partial charge in [-0.15, -0.1) is 0 Å². The number of hydrogen-bond donors (Lipinski definition) is 1. The number of nitrogens with one attached hydrogen (secondary N) is 1. The number of amides is 1. The highest BCUT2D eigenvalue weighted by Crippen LogP contribution is 2.12. The average molecular weight is 216 g/mol. The summed E-state index contributed by atoms with van der Waals surface area (Å²) in [4.78, 5) is 13.5. The Morgan fingerprint density at radius 2 is 2.07 bits per heavy atom. The summed E-state index contributed by atoms with van der Waals surface area (Å²) in [6.07, 6.45) is 0. The van der Waals surface area contributed by atoms with Crippen LogP contribution < -0.4 is 5.32 Å². The van der Waals surface area contributed by atoms with E-state index in [1.54, 1.807) is 11.8 Å². The van der Waals surface area contributed by atoms with Crippen LogP contribution in [0.3, 0.4) is 0 Å². The minimum atomic E-state index is 0.285. The molecule has 1 heterocycles. The molecule has 0 aliphatic carbocycles. The summed E-state index contributed by atoms with van der Waals surface area (Å²) in [6.45, 7) is 7.99. The van der Waals surface area contributed by atoms with E-state index < -0.39 is 0 Å². The average Bonchev–Trinajstić information content (AvgIpc) is 2.11. The maximum atomic E-state index is 11.6. The Kier molecular flexibility index (Phi) is 5.33. The highest BCUT2D eigenvalue weighted by Gasteiger charge is 2.17. The van der Waals surface area contributed by atoms with Gasteiger partial charge in [0, 0.05) is 13.1 Å². The van der Waals surface area contributed by atoms with Crippen LogP contribution in [-0.2, 0) is 4.79 Å². The van der Waals surface area contributed by atoms with Crippen molar-refractivity contribution in [2.45, 2.75) is 13.8 Å². The molecule has 0 bridgehead atoms. The predicted molar refractivity (Wildman–Crippen MR) is 61.6 cm³/mol. The molecule has 1 rings (SSSR count). The molecule has 1 fully saturated rings. The first-order chi connectivity index (χ1) is 6.77.